The van der Waals surface area contributed by atoms with Gasteiger partial charge in [0, 0.05) is 12.1 Å². The Morgan fingerprint density at radius 3 is 2.71 bits per heavy atom. The smallest absolute Gasteiger partial charge is 0.358 e. The van der Waals surface area contributed by atoms with Crippen molar-refractivity contribution < 1.29 is 4.92 Å². The van der Waals surface area contributed by atoms with Crippen LogP contribution < -0.4 is 5.32 Å². The summed E-state index contributed by atoms with van der Waals surface area (Å²) < 4.78 is 1.62. The highest BCUT2D eigenvalue weighted by Gasteiger charge is 2.15. The van der Waals surface area contributed by atoms with Gasteiger partial charge in [-0.1, -0.05) is 6.92 Å². The number of hydrogen-bond acceptors (Lipinski definition) is 4. The Bertz CT molecular complexity index is 381. The third kappa shape index (κ3) is 4.95. The van der Waals surface area contributed by atoms with Gasteiger partial charge in [0.25, 0.3) is 0 Å². The first-order chi connectivity index (χ1) is 7.78. The van der Waals surface area contributed by atoms with Crippen LogP contribution in [0.5, 0.6) is 0 Å². The molecule has 6 heteroatoms. The molecule has 17 heavy (non-hydrogen) atoms. The third-order valence-corrected chi connectivity index (χ3v) is 2.29. The van der Waals surface area contributed by atoms with E-state index in [4.69, 9.17) is 0 Å². The molecule has 0 aliphatic carbocycles. The van der Waals surface area contributed by atoms with Gasteiger partial charge in [-0.15, -0.1) is 0 Å². The highest BCUT2D eigenvalue weighted by molar-refractivity contribution is 5.13. The molecule has 0 aromatic carbocycles. The van der Waals surface area contributed by atoms with Gasteiger partial charge in [-0.05, 0) is 31.6 Å². The molecule has 1 rings (SSSR count). The zero-order valence-corrected chi connectivity index (χ0v) is 10.8. The lowest BCUT2D eigenvalue weighted by Gasteiger charge is -2.22. The minimum absolute atomic E-state index is 0.0877. The molecule has 1 N–H and O–H groups in total. The third-order valence-electron chi connectivity index (χ3n) is 2.29. The van der Waals surface area contributed by atoms with Crippen LogP contribution in [0.25, 0.3) is 0 Å². The molecule has 1 heterocycles. The molecule has 1 atom stereocenters. The van der Waals surface area contributed by atoms with Crippen LogP contribution in [-0.4, -0.2) is 26.8 Å². The summed E-state index contributed by atoms with van der Waals surface area (Å²) in [5.41, 5.74) is 0.0877. The molecule has 0 aliphatic heterocycles. The highest BCUT2D eigenvalue weighted by atomic mass is 16.6. The largest absolute Gasteiger partial charge is 0.389 e. The Morgan fingerprint density at radius 2 is 2.24 bits per heavy atom. The Hall–Kier alpha value is -1.43. The van der Waals surface area contributed by atoms with E-state index in [9.17, 15) is 10.1 Å². The van der Waals surface area contributed by atoms with Gasteiger partial charge in [-0.3, -0.25) is 0 Å². The number of hydrogen-bond donors (Lipinski definition) is 1. The zero-order chi connectivity index (χ0) is 13.1. The Balaban J connectivity index is 2.45. The maximum atomic E-state index is 10.5. The first-order valence-electron chi connectivity index (χ1n) is 5.71. The fraction of sp³-hybridized carbons (Fsp3) is 0.727. The number of nitrogens with one attached hydrogen (secondary N) is 1. The summed E-state index contributed by atoms with van der Waals surface area (Å²) in [4.78, 5) is 10.00. The SMILES string of the molecule is CC(CNC(C)(C)C)Cn1ccc([N+](=O)[O-])n1. The van der Waals surface area contributed by atoms with E-state index >= 15 is 0 Å². The van der Waals surface area contributed by atoms with Crippen molar-refractivity contribution in [3.63, 3.8) is 0 Å². The van der Waals surface area contributed by atoms with E-state index in [0.717, 1.165) is 6.54 Å². The highest BCUT2D eigenvalue weighted by Crippen LogP contribution is 2.08. The van der Waals surface area contributed by atoms with Crippen LogP contribution in [0, 0.1) is 16.0 Å². The molecule has 0 bridgehead atoms. The number of nitrogens with zero attached hydrogens (tertiary/aromatic N) is 3. The summed E-state index contributed by atoms with van der Waals surface area (Å²) in [5.74, 6) is 0.273. The number of rotatable bonds is 5. The quantitative estimate of drug-likeness (QED) is 0.629. The molecule has 6 nitrogen and oxygen atoms in total. The average Bonchev–Trinajstić information content (AvgIpc) is 2.62. The molecule has 0 saturated heterocycles. The van der Waals surface area contributed by atoms with E-state index in [1.54, 1.807) is 10.9 Å². The molecule has 1 unspecified atom stereocenters. The monoisotopic (exact) mass is 240 g/mol. The second-order valence-corrected chi connectivity index (χ2v) is 5.39. The van der Waals surface area contributed by atoms with Crippen molar-refractivity contribution in [2.75, 3.05) is 6.54 Å². The number of aromatic nitrogens is 2. The fourth-order valence-corrected chi connectivity index (χ4v) is 1.41. The maximum Gasteiger partial charge on any atom is 0.389 e. The first-order valence-corrected chi connectivity index (χ1v) is 5.71. The van der Waals surface area contributed by atoms with Crippen LogP contribution in [0.15, 0.2) is 12.3 Å². The second-order valence-electron chi connectivity index (χ2n) is 5.39. The van der Waals surface area contributed by atoms with Gasteiger partial charge in [0.2, 0.25) is 0 Å². The van der Waals surface area contributed by atoms with Crippen LogP contribution in [-0.2, 0) is 6.54 Å². The Labute approximate surface area is 101 Å². The Morgan fingerprint density at radius 1 is 1.59 bits per heavy atom. The van der Waals surface area contributed by atoms with Crippen LogP contribution in [0.4, 0.5) is 5.82 Å². The van der Waals surface area contributed by atoms with Crippen LogP contribution in [0.2, 0.25) is 0 Å². The number of nitro groups is 1. The minimum atomic E-state index is -0.478. The molecule has 0 spiro atoms. The molecular weight excluding hydrogens is 220 g/mol. The topological polar surface area (TPSA) is 73.0 Å². The van der Waals surface area contributed by atoms with Crippen molar-refractivity contribution in [2.24, 2.45) is 5.92 Å². The van der Waals surface area contributed by atoms with Crippen molar-refractivity contribution >= 4 is 5.82 Å². The van der Waals surface area contributed by atoms with E-state index in [1.807, 2.05) is 0 Å². The molecule has 0 saturated carbocycles. The van der Waals surface area contributed by atoms with Crippen LogP contribution >= 0.6 is 0 Å². The zero-order valence-electron chi connectivity index (χ0n) is 10.8. The lowest BCUT2D eigenvalue weighted by molar-refractivity contribution is -0.389. The fourth-order valence-electron chi connectivity index (χ4n) is 1.41. The van der Waals surface area contributed by atoms with Gasteiger partial charge in [0.1, 0.15) is 0 Å². The summed E-state index contributed by atoms with van der Waals surface area (Å²) in [7, 11) is 0. The molecule has 0 aliphatic rings. The minimum Gasteiger partial charge on any atom is -0.358 e. The lowest BCUT2D eigenvalue weighted by Crippen LogP contribution is -2.39. The molecule has 1 aromatic rings. The summed E-state index contributed by atoms with van der Waals surface area (Å²) in [5, 5.41) is 17.8. The van der Waals surface area contributed by atoms with Crippen molar-refractivity contribution in [2.45, 2.75) is 39.8 Å². The molecular formula is C11H20N4O2. The van der Waals surface area contributed by atoms with E-state index in [-0.39, 0.29) is 11.4 Å². The van der Waals surface area contributed by atoms with Gasteiger partial charge in [-0.2, -0.15) is 4.68 Å². The molecule has 0 radical (unpaired) electrons. The van der Waals surface area contributed by atoms with Crippen LogP contribution in [0.1, 0.15) is 27.7 Å². The van der Waals surface area contributed by atoms with Crippen molar-refractivity contribution in [3.05, 3.63) is 22.4 Å². The average molecular weight is 240 g/mol. The predicted molar refractivity (Wildman–Crippen MR) is 65.8 cm³/mol. The van der Waals surface area contributed by atoms with Crippen molar-refractivity contribution in [1.29, 1.82) is 0 Å². The summed E-state index contributed by atoms with van der Waals surface area (Å²) in [6.07, 6.45) is 1.64. The van der Waals surface area contributed by atoms with Gasteiger partial charge < -0.3 is 15.4 Å². The van der Waals surface area contributed by atoms with Gasteiger partial charge in [0.15, 0.2) is 0 Å². The van der Waals surface area contributed by atoms with Crippen molar-refractivity contribution in [1.82, 2.24) is 15.1 Å². The predicted octanol–water partition coefficient (Wildman–Crippen LogP) is 1.82. The lowest BCUT2D eigenvalue weighted by atomic mass is 10.1. The molecule has 96 valence electrons. The maximum absolute atomic E-state index is 10.5. The second kappa shape index (κ2) is 5.27. The Kier molecular flexibility index (Phi) is 4.22. The summed E-state index contributed by atoms with van der Waals surface area (Å²) in [6, 6.07) is 1.42. The van der Waals surface area contributed by atoms with Gasteiger partial charge >= 0.3 is 5.82 Å². The first kappa shape index (κ1) is 13.6. The van der Waals surface area contributed by atoms with E-state index in [1.165, 1.54) is 6.07 Å². The van der Waals surface area contributed by atoms with Crippen molar-refractivity contribution in [3.8, 4) is 0 Å². The summed E-state index contributed by atoms with van der Waals surface area (Å²) >= 11 is 0. The molecule has 0 amide bonds. The van der Waals surface area contributed by atoms with Gasteiger partial charge in [-0.25, -0.2) is 0 Å². The summed E-state index contributed by atoms with van der Waals surface area (Å²) in [6.45, 7) is 9.95. The van der Waals surface area contributed by atoms with E-state index in [0.29, 0.717) is 12.5 Å². The van der Waals surface area contributed by atoms with E-state index in [2.05, 4.69) is 38.1 Å². The van der Waals surface area contributed by atoms with Gasteiger partial charge in [0.05, 0.1) is 23.9 Å². The normalized spacial score (nSPS) is 13.6. The molecule has 0 fully saturated rings. The van der Waals surface area contributed by atoms with E-state index < -0.39 is 4.92 Å². The molecule has 1 aromatic heterocycles. The standard InChI is InChI=1S/C11H20N4O2/c1-9(7-12-11(2,3)4)8-14-6-5-10(13-14)15(16)17/h5-6,9,12H,7-8H2,1-4H3. The van der Waals surface area contributed by atoms with Crippen LogP contribution in [0.3, 0.4) is 0 Å².